The number of nitrogens with one attached hydrogen (secondary N) is 1. The van der Waals surface area contributed by atoms with E-state index in [0.717, 1.165) is 37.4 Å². The Labute approximate surface area is 115 Å². The Kier molecular flexibility index (Phi) is 6.97. The van der Waals surface area contributed by atoms with Gasteiger partial charge in [0.1, 0.15) is 5.75 Å². The summed E-state index contributed by atoms with van der Waals surface area (Å²) in [6.45, 7) is 6.54. The van der Waals surface area contributed by atoms with Crippen LogP contribution < -0.4 is 10.1 Å². The fraction of sp³-hybridized carbons (Fsp3) is 0.533. The minimum atomic E-state index is 0.0196. The van der Waals surface area contributed by atoms with Crippen LogP contribution in [0.25, 0.3) is 0 Å². The zero-order valence-electron chi connectivity index (χ0n) is 12.1. The molecule has 1 rings (SSSR count). The number of benzene rings is 1. The van der Waals surface area contributed by atoms with Crippen molar-refractivity contribution in [2.24, 2.45) is 0 Å². The molecule has 1 aromatic carbocycles. The van der Waals surface area contributed by atoms with Gasteiger partial charge in [0.05, 0.1) is 13.7 Å². The third-order valence-electron chi connectivity index (χ3n) is 3.00. The number of methoxy groups -OCH3 is 1. The molecule has 4 heteroatoms. The zero-order valence-corrected chi connectivity index (χ0v) is 12.1. The highest BCUT2D eigenvalue weighted by Gasteiger charge is 2.09. The summed E-state index contributed by atoms with van der Waals surface area (Å²) in [5.74, 6) is 0.766. The van der Waals surface area contributed by atoms with Crippen molar-refractivity contribution in [3.05, 3.63) is 24.3 Å². The molecule has 0 fully saturated rings. The first-order valence-electron chi connectivity index (χ1n) is 6.85. The van der Waals surface area contributed by atoms with Gasteiger partial charge in [0, 0.05) is 11.8 Å². The molecule has 0 saturated carbocycles. The van der Waals surface area contributed by atoms with E-state index in [9.17, 15) is 4.79 Å². The monoisotopic (exact) mass is 264 g/mol. The molecule has 0 aliphatic heterocycles. The molecule has 106 valence electrons. The van der Waals surface area contributed by atoms with Gasteiger partial charge in [-0.1, -0.05) is 26.3 Å². The predicted molar refractivity (Wildman–Crippen MR) is 78.6 cm³/mol. The molecule has 1 aromatic rings. The van der Waals surface area contributed by atoms with Crippen molar-refractivity contribution in [1.82, 2.24) is 4.90 Å². The second kappa shape index (κ2) is 8.53. The summed E-state index contributed by atoms with van der Waals surface area (Å²) in [6.07, 6.45) is 2.27. The molecular formula is C15H24N2O2. The average molecular weight is 264 g/mol. The number of ether oxygens (including phenoxy) is 1. The molecule has 4 nitrogen and oxygen atoms in total. The number of rotatable bonds is 8. The standard InChI is InChI=1S/C15H24N2O2/c1-4-6-10-17(5-2)12-15(18)16-13-8-7-9-14(11-13)19-3/h7-9,11H,4-6,10,12H2,1-3H3,(H,16,18). The normalized spacial score (nSPS) is 10.5. The molecule has 0 saturated heterocycles. The van der Waals surface area contributed by atoms with Crippen LogP contribution in [0, 0.1) is 0 Å². The lowest BCUT2D eigenvalue weighted by atomic mass is 10.3. The zero-order chi connectivity index (χ0) is 14.1. The van der Waals surface area contributed by atoms with E-state index in [4.69, 9.17) is 4.74 Å². The van der Waals surface area contributed by atoms with Crippen molar-refractivity contribution in [2.45, 2.75) is 26.7 Å². The van der Waals surface area contributed by atoms with Gasteiger partial charge in [0.15, 0.2) is 0 Å². The number of hydrogen-bond donors (Lipinski definition) is 1. The molecule has 0 atom stereocenters. The van der Waals surface area contributed by atoms with Crippen molar-refractivity contribution in [2.75, 3.05) is 32.1 Å². The first-order valence-corrected chi connectivity index (χ1v) is 6.85. The highest BCUT2D eigenvalue weighted by atomic mass is 16.5. The first-order chi connectivity index (χ1) is 9.19. The average Bonchev–Trinajstić information content (AvgIpc) is 2.43. The van der Waals surface area contributed by atoms with Gasteiger partial charge < -0.3 is 10.1 Å². The molecule has 0 aliphatic rings. The molecule has 0 bridgehead atoms. The fourth-order valence-electron chi connectivity index (χ4n) is 1.84. The second-order valence-corrected chi connectivity index (χ2v) is 4.50. The third-order valence-corrected chi connectivity index (χ3v) is 3.00. The summed E-state index contributed by atoms with van der Waals surface area (Å²) in [5, 5.41) is 2.90. The van der Waals surface area contributed by atoms with Crippen LogP contribution in [-0.2, 0) is 4.79 Å². The van der Waals surface area contributed by atoms with E-state index in [1.165, 1.54) is 0 Å². The molecular weight excluding hydrogens is 240 g/mol. The number of hydrogen-bond acceptors (Lipinski definition) is 3. The van der Waals surface area contributed by atoms with Gasteiger partial charge >= 0.3 is 0 Å². The molecule has 0 aromatic heterocycles. The lowest BCUT2D eigenvalue weighted by Crippen LogP contribution is -2.33. The van der Waals surface area contributed by atoms with E-state index >= 15 is 0 Å². The van der Waals surface area contributed by atoms with E-state index in [-0.39, 0.29) is 5.91 Å². The Morgan fingerprint density at radius 3 is 2.79 bits per heavy atom. The largest absolute Gasteiger partial charge is 0.497 e. The van der Waals surface area contributed by atoms with E-state index in [0.29, 0.717) is 6.54 Å². The van der Waals surface area contributed by atoms with Crippen LogP contribution in [0.4, 0.5) is 5.69 Å². The molecule has 1 amide bonds. The van der Waals surface area contributed by atoms with Crippen LogP contribution >= 0.6 is 0 Å². The molecule has 19 heavy (non-hydrogen) atoms. The summed E-state index contributed by atoms with van der Waals surface area (Å²) in [5.41, 5.74) is 0.774. The Morgan fingerprint density at radius 2 is 2.16 bits per heavy atom. The van der Waals surface area contributed by atoms with Gasteiger partial charge in [-0.15, -0.1) is 0 Å². The maximum atomic E-state index is 12.0. The smallest absolute Gasteiger partial charge is 0.238 e. The summed E-state index contributed by atoms with van der Waals surface area (Å²) in [4.78, 5) is 14.1. The van der Waals surface area contributed by atoms with E-state index in [1.54, 1.807) is 7.11 Å². The molecule has 0 unspecified atom stereocenters. The Balaban J connectivity index is 2.49. The topological polar surface area (TPSA) is 41.6 Å². The Bertz CT molecular complexity index is 393. The minimum Gasteiger partial charge on any atom is -0.497 e. The number of carbonyl (C=O) groups is 1. The number of anilines is 1. The third kappa shape index (κ3) is 5.75. The second-order valence-electron chi connectivity index (χ2n) is 4.50. The SMILES string of the molecule is CCCCN(CC)CC(=O)Nc1cccc(OC)c1. The Hall–Kier alpha value is -1.55. The number of nitrogens with zero attached hydrogens (tertiary/aromatic N) is 1. The van der Waals surface area contributed by atoms with E-state index in [1.807, 2.05) is 24.3 Å². The fourth-order valence-corrected chi connectivity index (χ4v) is 1.84. The summed E-state index contributed by atoms with van der Waals surface area (Å²) >= 11 is 0. The van der Waals surface area contributed by atoms with Crippen LogP contribution in [0.1, 0.15) is 26.7 Å². The van der Waals surface area contributed by atoms with Crippen LogP contribution in [0.5, 0.6) is 5.75 Å². The quantitative estimate of drug-likeness (QED) is 0.785. The van der Waals surface area contributed by atoms with Crippen LogP contribution in [0.2, 0.25) is 0 Å². The maximum absolute atomic E-state index is 12.0. The molecule has 0 aliphatic carbocycles. The van der Waals surface area contributed by atoms with E-state index in [2.05, 4.69) is 24.1 Å². The van der Waals surface area contributed by atoms with Gasteiger partial charge in [-0.25, -0.2) is 0 Å². The minimum absolute atomic E-state index is 0.0196. The van der Waals surface area contributed by atoms with Gasteiger partial charge in [0.25, 0.3) is 0 Å². The highest BCUT2D eigenvalue weighted by Crippen LogP contribution is 2.16. The molecule has 1 N–H and O–H groups in total. The lowest BCUT2D eigenvalue weighted by Gasteiger charge is -2.19. The first kappa shape index (κ1) is 15.5. The van der Waals surface area contributed by atoms with Crippen molar-refractivity contribution >= 4 is 11.6 Å². The molecule has 0 spiro atoms. The molecule has 0 heterocycles. The van der Waals surface area contributed by atoms with Crippen LogP contribution in [-0.4, -0.2) is 37.6 Å². The summed E-state index contributed by atoms with van der Waals surface area (Å²) in [6, 6.07) is 7.40. The lowest BCUT2D eigenvalue weighted by molar-refractivity contribution is -0.117. The predicted octanol–water partition coefficient (Wildman–Crippen LogP) is 2.76. The van der Waals surface area contributed by atoms with Crippen molar-refractivity contribution in [3.8, 4) is 5.75 Å². The maximum Gasteiger partial charge on any atom is 0.238 e. The number of amides is 1. The van der Waals surface area contributed by atoms with Crippen LogP contribution in [0.15, 0.2) is 24.3 Å². The molecule has 0 radical (unpaired) electrons. The number of carbonyl (C=O) groups excluding carboxylic acids is 1. The Morgan fingerprint density at radius 1 is 1.37 bits per heavy atom. The van der Waals surface area contributed by atoms with Crippen molar-refractivity contribution < 1.29 is 9.53 Å². The van der Waals surface area contributed by atoms with Crippen molar-refractivity contribution in [1.29, 1.82) is 0 Å². The van der Waals surface area contributed by atoms with Gasteiger partial charge in [-0.05, 0) is 31.6 Å². The highest BCUT2D eigenvalue weighted by molar-refractivity contribution is 5.92. The summed E-state index contributed by atoms with van der Waals surface area (Å²) < 4.78 is 5.13. The number of likely N-dealkylation sites (N-methyl/N-ethyl adjacent to an activating group) is 1. The van der Waals surface area contributed by atoms with Gasteiger partial charge in [-0.3, -0.25) is 9.69 Å². The van der Waals surface area contributed by atoms with E-state index < -0.39 is 0 Å². The summed E-state index contributed by atoms with van der Waals surface area (Å²) in [7, 11) is 1.62. The van der Waals surface area contributed by atoms with Crippen molar-refractivity contribution in [3.63, 3.8) is 0 Å². The van der Waals surface area contributed by atoms with Gasteiger partial charge in [0.2, 0.25) is 5.91 Å². The van der Waals surface area contributed by atoms with Gasteiger partial charge in [-0.2, -0.15) is 0 Å². The number of unbranched alkanes of at least 4 members (excludes halogenated alkanes) is 1. The van der Waals surface area contributed by atoms with Crippen LogP contribution in [0.3, 0.4) is 0 Å².